The number of piperazine rings is 1. The number of piperidine rings is 1. The Bertz CT molecular complexity index is 773. The minimum atomic E-state index is -0.505. The second-order valence-electron chi connectivity index (χ2n) is 8.63. The molecule has 2 saturated heterocycles. The number of amides is 2. The summed E-state index contributed by atoms with van der Waals surface area (Å²) in [4.78, 5) is 27.8. The lowest BCUT2D eigenvalue weighted by molar-refractivity contribution is -0.133. The van der Waals surface area contributed by atoms with Crippen molar-refractivity contribution in [1.29, 1.82) is 0 Å². The highest BCUT2D eigenvalue weighted by Gasteiger charge is 2.29. The summed E-state index contributed by atoms with van der Waals surface area (Å²) in [6.45, 7) is 3.57. The summed E-state index contributed by atoms with van der Waals surface area (Å²) in [5, 5.41) is 8.74. The molecule has 1 aromatic rings. The molecule has 3 fully saturated rings. The van der Waals surface area contributed by atoms with Crippen LogP contribution in [0.1, 0.15) is 38.5 Å². The van der Waals surface area contributed by atoms with Gasteiger partial charge in [-0.15, -0.1) is 0 Å². The maximum atomic E-state index is 14.8. The van der Waals surface area contributed by atoms with E-state index in [0.29, 0.717) is 36.3 Å². The van der Waals surface area contributed by atoms with Crippen LogP contribution in [0.4, 0.5) is 15.8 Å². The van der Waals surface area contributed by atoms with Crippen molar-refractivity contribution in [2.24, 2.45) is 0 Å². The molecule has 1 aliphatic carbocycles. The molecule has 30 heavy (non-hydrogen) atoms. The van der Waals surface area contributed by atoms with Gasteiger partial charge in [0.1, 0.15) is 11.9 Å². The quantitative estimate of drug-likeness (QED) is 0.633. The molecule has 0 spiro atoms. The third-order valence-electron chi connectivity index (χ3n) is 6.80. The Morgan fingerprint density at radius 2 is 1.77 bits per heavy atom. The molecular weight excluding hydrogens is 385 g/mol. The lowest BCUT2D eigenvalue weighted by Crippen LogP contribution is -2.52. The molecule has 1 unspecified atom stereocenters. The third kappa shape index (κ3) is 4.75. The van der Waals surface area contributed by atoms with Gasteiger partial charge in [-0.3, -0.25) is 19.8 Å². The van der Waals surface area contributed by atoms with E-state index in [1.165, 1.54) is 31.7 Å². The summed E-state index contributed by atoms with van der Waals surface area (Å²) in [7, 11) is 2.05. The van der Waals surface area contributed by atoms with Gasteiger partial charge in [0.05, 0.1) is 5.69 Å². The average Bonchev–Trinajstić information content (AvgIpc) is 2.76. The van der Waals surface area contributed by atoms with E-state index in [1.807, 2.05) is 13.1 Å². The minimum Gasteiger partial charge on any atom is -0.374 e. The zero-order chi connectivity index (χ0) is 21.1. The molecule has 0 radical (unpaired) electrons. The molecule has 1 saturated carbocycles. The van der Waals surface area contributed by atoms with Crippen LogP contribution < -0.4 is 20.9 Å². The van der Waals surface area contributed by atoms with Crippen LogP contribution in [0.25, 0.3) is 0 Å². The molecule has 2 heterocycles. The van der Waals surface area contributed by atoms with Gasteiger partial charge in [0.25, 0.3) is 0 Å². The number of nitrogens with one attached hydrogen (secondary N) is 3. The fourth-order valence-electron chi connectivity index (χ4n) is 4.94. The highest BCUT2D eigenvalue weighted by atomic mass is 19.1. The van der Waals surface area contributed by atoms with E-state index < -0.39 is 6.04 Å². The van der Waals surface area contributed by atoms with Crippen molar-refractivity contribution in [3.05, 3.63) is 24.0 Å². The smallest absolute Gasteiger partial charge is 0.249 e. The van der Waals surface area contributed by atoms with E-state index in [2.05, 4.69) is 25.8 Å². The Hall–Kier alpha value is -2.19. The van der Waals surface area contributed by atoms with Crippen molar-refractivity contribution >= 4 is 23.2 Å². The van der Waals surface area contributed by atoms with Gasteiger partial charge < -0.3 is 15.5 Å². The number of carbonyl (C=O) groups is 2. The monoisotopic (exact) mass is 417 g/mol. The summed E-state index contributed by atoms with van der Waals surface area (Å²) >= 11 is 0. The molecule has 164 valence electrons. The van der Waals surface area contributed by atoms with E-state index in [0.717, 1.165) is 26.2 Å². The standard InChI is InChI=1S/C22H32FN5O2/c1-24-15-2-5-17(6-3-15)27-10-12-28(13-11-27)20-8-4-16(14-18(20)23)25-19-7-9-21(29)26-22(19)30/h4,8,14-15,17,19,24-25H,2-3,5-7,9-13H2,1H3,(H,26,29,30)/t15-,17-,19?. The Labute approximate surface area is 177 Å². The van der Waals surface area contributed by atoms with Crippen LogP contribution in [0.5, 0.6) is 0 Å². The van der Waals surface area contributed by atoms with Crippen LogP contribution in [-0.2, 0) is 9.59 Å². The van der Waals surface area contributed by atoms with Gasteiger partial charge in [0, 0.05) is 50.4 Å². The van der Waals surface area contributed by atoms with Gasteiger partial charge >= 0.3 is 0 Å². The summed E-state index contributed by atoms with van der Waals surface area (Å²) < 4.78 is 14.8. The Kier molecular flexibility index (Phi) is 6.53. The summed E-state index contributed by atoms with van der Waals surface area (Å²) in [5.74, 6) is -0.889. The highest BCUT2D eigenvalue weighted by molar-refractivity contribution is 6.01. The van der Waals surface area contributed by atoms with Crippen LogP contribution in [0, 0.1) is 5.82 Å². The number of hydrogen-bond donors (Lipinski definition) is 3. The summed E-state index contributed by atoms with van der Waals surface area (Å²) in [5.41, 5.74) is 1.17. The number of rotatable bonds is 5. The lowest BCUT2D eigenvalue weighted by Gasteiger charge is -2.42. The predicted octanol–water partition coefficient (Wildman–Crippen LogP) is 1.70. The van der Waals surface area contributed by atoms with E-state index in [-0.39, 0.29) is 17.6 Å². The van der Waals surface area contributed by atoms with E-state index >= 15 is 0 Å². The normalized spacial score (nSPS) is 28.3. The Morgan fingerprint density at radius 1 is 1.03 bits per heavy atom. The zero-order valence-electron chi connectivity index (χ0n) is 17.6. The van der Waals surface area contributed by atoms with Gasteiger partial charge in [0.15, 0.2) is 0 Å². The van der Waals surface area contributed by atoms with Gasteiger partial charge in [-0.2, -0.15) is 0 Å². The number of carbonyl (C=O) groups excluding carboxylic acids is 2. The molecule has 1 atom stereocenters. The number of halogens is 1. The molecule has 3 aliphatic rings. The first-order valence-electron chi connectivity index (χ1n) is 11.1. The number of anilines is 2. The second kappa shape index (κ2) is 9.31. The predicted molar refractivity (Wildman–Crippen MR) is 115 cm³/mol. The first kappa shape index (κ1) is 21.1. The van der Waals surface area contributed by atoms with E-state index in [4.69, 9.17) is 0 Å². The number of hydrogen-bond acceptors (Lipinski definition) is 6. The van der Waals surface area contributed by atoms with Crippen molar-refractivity contribution in [3.8, 4) is 0 Å². The summed E-state index contributed by atoms with van der Waals surface area (Å²) in [6, 6.07) is 5.86. The van der Waals surface area contributed by atoms with Gasteiger partial charge in [-0.25, -0.2) is 4.39 Å². The van der Waals surface area contributed by atoms with Crippen LogP contribution in [-0.4, -0.2) is 68.1 Å². The van der Waals surface area contributed by atoms with Gasteiger partial charge in [0.2, 0.25) is 11.8 Å². The number of benzene rings is 1. The largest absolute Gasteiger partial charge is 0.374 e. The maximum absolute atomic E-state index is 14.8. The van der Waals surface area contributed by atoms with Gasteiger partial charge in [-0.1, -0.05) is 0 Å². The van der Waals surface area contributed by atoms with Crippen LogP contribution in [0.2, 0.25) is 0 Å². The molecule has 4 rings (SSSR count). The lowest BCUT2D eigenvalue weighted by atomic mass is 9.90. The molecule has 0 aromatic heterocycles. The Morgan fingerprint density at radius 3 is 2.40 bits per heavy atom. The average molecular weight is 418 g/mol. The zero-order valence-corrected chi connectivity index (χ0v) is 17.6. The molecule has 2 amide bonds. The second-order valence-corrected chi connectivity index (χ2v) is 8.63. The van der Waals surface area contributed by atoms with Crippen molar-refractivity contribution in [2.75, 3.05) is 43.4 Å². The first-order valence-corrected chi connectivity index (χ1v) is 11.1. The third-order valence-corrected chi connectivity index (χ3v) is 6.80. The van der Waals surface area contributed by atoms with E-state index in [9.17, 15) is 14.0 Å². The fraction of sp³-hybridized carbons (Fsp3) is 0.636. The number of nitrogens with zero attached hydrogens (tertiary/aromatic N) is 2. The molecule has 2 aliphatic heterocycles. The molecule has 0 bridgehead atoms. The molecule has 1 aromatic carbocycles. The van der Waals surface area contributed by atoms with Crippen LogP contribution in [0.3, 0.4) is 0 Å². The fourth-order valence-corrected chi connectivity index (χ4v) is 4.94. The first-order chi connectivity index (χ1) is 14.5. The molecule has 8 heteroatoms. The minimum absolute atomic E-state index is 0.256. The summed E-state index contributed by atoms with van der Waals surface area (Å²) in [6.07, 6.45) is 5.66. The maximum Gasteiger partial charge on any atom is 0.249 e. The van der Waals surface area contributed by atoms with Gasteiger partial charge in [-0.05, 0) is 57.4 Å². The SMILES string of the molecule is CN[C@H]1CC[C@H](N2CCN(c3ccc(NC4CCC(=O)NC4=O)cc3F)CC2)CC1. The topological polar surface area (TPSA) is 76.7 Å². The molecular formula is C22H32FN5O2. The highest BCUT2D eigenvalue weighted by Crippen LogP contribution is 2.28. The number of imide groups is 1. The van der Waals surface area contributed by atoms with Crippen LogP contribution >= 0.6 is 0 Å². The Balaban J connectivity index is 1.31. The van der Waals surface area contributed by atoms with Crippen molar-refractivity contribution in [1.82, 2.24) is 15.5 Å². The van der Waals surface area contributed by atoms with Crippen LogP contribution in [0.15, 0.2) is 18.2 Å². The van der Waals surface area contributed by atoms with E-state index in [1.54, 1.807) is 6.07 Å². The van der Waals surface area contributed by atoms with Crippen molar-refractivity contribution in [2.45, 2.75) is 56.7 Å². The van der Waals surface area contributed by atoms with Crippen molar-refractivity contribution < 1.29 is 14.0 Å². The van der Waals surface area contributed by atoms with Crippen molar-refractivity contribution in [3.63, 3.8) is 0 Å². The molecule has 3 N–H and O–H groups in total. The molecule has 7 nitrogen and oxygen atoms in total.